The fraction of sp³-hybridized carbons (Fsp3) is 0.400. The zero-order chi connectivity index (χ0) is 35.2. The van der Waals surface area contributed by atoms with Crippen LogP contribution < -0.4 is 24.3 Å². The Hall–Kier alpha value is -4.73. The highest BCUT2D eigenvalue weighted by Crippen LogP contribution is 2.37. The zero-order valence-electron chi connectivity index (χ0n) is 27.9. The molecule has 3 aromatic carbocycles. The number of aromatic carboxylic acids is 1. The van der Waals surface area contributed by atoms with Gasteiger partial charge in [-0.25, -0.2) is 4.79 Å². The molecule has 0 aromatic heterocycles. The van der Waals surface area contributed by atoms with Crippen molar-refractivity contribution in [3.63, 3.8) is 0 Å². The van der Waals surface area contributed by atoms with Crippen LogP contribution in [0.3, 0.4) is 0 Å². The summed E-state index contributed by atoms with van der Waals surface area (Å²) in [7, 11) is 5.77. The van der Waals surface area contributed by atoms with Crippen LogP contribution in [-0.4, -0.2) is 90.5 Å². The number of carbonyl (C=O) groups is 3. The van der Waals surface area contributed by atoms with Crippen molar-refractivity contribution in [2.75, 3.05) is 55.6 Å². The average molecular weight is 684 g/mol. The molecular formula is C35H41NO13. The second kappa shape index (κ2) is 18.7. The first kappa shape index (κ1) is 37.1. The van der Waals surface area contributed by atoms with Crippen molar-refractivity contribution in [1.29, 1.82) is 0 Å². The van der Waals surface area contributed by atoms with Crippen molar-refractivity contribution in [3.8, 4) is 23.0 Å². The molecule has 14 heteroatoms. The smallest absolute Gasteiger partial charge is 0.336 e. The van der Waals surface area contributed by atoms with Gasteiger partial charge in [0.25, 0.3) is 5.91 Å². The summed E-state index contributed by atoms with van der Waals surface area (Å²) in [5.74, 6) is -1.59. The van der Waals surface area contributed by atoms with Gasteiger partial charge in [-0.2, -0.15) is 0 Å². The fourth-order valence-corrected chi connectivity index (χ4v) is 5.31. The van der Waals surface area contributed by atoms with Crippen molar-refractivity contribution in [1.82, 2.24) is 5.32 Å². The van der Waals surface area contributed by atoms with E-state index in [1.54, 1.807) is 36.4 Å². The van der Waals surface area contributed by atoms with E-state index in [1.165, 1.54) is 46.6 Å². The lowest BCUT2D eigenvalue weighted by molar-refractivity contribution is 0.0257. The van der Waals surface area contributed by atoms with E-state index in [1.807, 2.05) is 0 Å². The molecule has 0 unspecified atom stereocenters. The number of carbonyl (C=O) groups excluding carboxylic acids is 2. The summed E-state index contributed by atoms with van der Waals surface area (Å²) in [5.41, 5.74) is 0.488. The highest BCUT2D eigenvalue weighted by Gasteiger charge is 2.32. The minimum Gasteiger partial charge on any atom is -0.478 e. The van der Waals surface area contributed by atoms with Crippen molar-refractivity contribution >= 4 is 17.7 Å². The molecule has 0 heterocycles. The number of ketones is 1. The quantitative estimate of drug-likeness (QED) is 0.127. The molecule has 1 amide bonds. The molecular weight excluding hydrogens is 642 g/mol. The molecule has 0 saturated heterocycles. The standard InChI is InChI=1S/C35H41NO13/c1-41-18-46-24-13-11-23(12-14-24)34(38)36-26-8-6-9-27(26)45-17-22-15-29(48-20-43-3)32(30(16-22)49-21-44-4)33(37)31-25(35(39)40)7-5-10-28(31)47-19-42-2/h5,7,10-16,26-27H,6,8-9,17-21H2,1-4H3,(H,36,38)(H,39,40)/t26-,27-/m1/s1. The van der Waals surface area contributed by atoms with Crippen LogP contribution in [0.1, 0.15) is 61.5 Å². The first-order chi connectivity index (χ1) is 23.8. The molecule has 0 radical (unpaired) electrons. The molecule has 4 rings (SSSR count). The van der Waals surface area contributed by atoms with Gasteiger partial charge in [0.15, 0.2) is 27.2 Å². The molecule has 49 heavy (non-hydrogen) atoms. The van der Waals surface area contributed by atoms with Crippen molar-refractivity contribution in [2.45, 2.75) is 38.0 Å². The predicted molar refractivity (Wildman–Crippen MR) is 173 cm³/mol. The molecule has 0 aliphatic heterocycles. The van der Waals surface area contributed by atoms with Crippen molar-refractivity contribution in [2.24, 2.45) is 0 Å². The minimum atomic E-state index is -1.33. The summed E-state index contributed by atoms with van der Waals surface area (Å²) < 4.78 is 49.1. The summed E-state index contributed by atoms with van der Waals surface area (Å²) in [6, 6.07) is 13.9. The number of amides is 1. The first-order valence-electron chi connectivity index (χ1n) is 15.4. The third-order valence-electron chi connectivity index (χ3n) is 7.53. The Morgan fingerprint density at radius 3 is 1.92 bits per heavy atom. The summed E-state index contributed by atoms with van der Waals surface area (Å²) in [5, 5.41) is 13.0. The van der Waals surface area contributed by atoms with E-state index in [0.717, 1.165) is 19.3 Å². The molecule has 0 spiro atoms. The van der Waals surface area contributed by atoms with E-state index in [9.17, 15) is 19.5 Å². The van der Waals surface area contributed by atoms with E-state index >= 15 is 0 Å². The summed E-state index contributed by atoms with van der Waals surface area (Å²) in [6.45, 7) is -0.485. The van der Waals surface area contributed by atoms with Crippen molar-refractivity contribution in [3.05, 3.63) is 82.4 Å². The van der Waals surface area contributed by atoms with E-state index < -0.39 is 11.8 Å². The molecule has 3 aromatic rings. The number of ether oxygens (including phenoxy) is 9. The monoisotopic (exact) mass is 683 g/mol. The van der Waals surface area contributed by atoms with E-state index in [2.05, 4.69) is 5.32 Å². The number of methoxy groups -OCH3 is 4. The summed E-state index contributed by atoms with van der Waals surface area (Å²) in [4.78, 5) is 39.4. The van der Waals surface area contributed by atoms with Gasteiger partial charge >= 0.3 is 5.97 Å². The molecule has 14 nitrogen and oxygen atoms in total. The Balaban J connectivity index is 1.59. The Morgan fingerprint density at radius 2 is 1.33 bits per heavy atom. The van der Waals surface area contributed by atoms with Gasteiger partial charge < -0.3 is 53.1 Å². The topological polar surface area (TPSA) is 167 Å². The number of carboxylic acid groups (broad SMARTS) is 1. The van der Waals surface area contributed by atoms with Gasteiger partial charge in [-0.15, -0.1) is 0 Å². The maximum atomic E-state index is 14.2. The highest BCUT2D eigenvalue weighted by molar-refractivity contribution is 6.18. The lowest BCUT2D eigenvalue weighted by atomic mass is 9.95. The first-order valence-corrected chi connectivity index (χ1v) is 15.4. The van der Waals surface area contributed by atoms with Crippen molar-refractivity contribution < 1.29 is 62.1 Å². The molecule has 1 aliphatic rings. The lowest BCUT2D eigenvalue weighted by Crippen LogP contribution is -2.41. The minimum absolute atomic E-state index is 0.000708. The summed E-state index contributed by atoms with van der Waals surface area (Å²) >= 11 is 0. The van der Waals surface area contributed by atoms with Crippen LogP contribution in [0.25, 0.3) is 0 Å². The Bertz CT molecular complexity index is 1530. The molecule has 2 atom stereocenters. The third kappa shape index (κ3) is 9.90. The number of nitrogens with one attached hydrogen (secondary N) is 1. The predicted octanol–water partition coefficient (Wildman–Crippen LogP) is 4.41. The van der Waals surface area contributed by atoms with Gasteiger partial charge in [-0.05, 0) is 73.4 Å². The maximum absolute atomic E-state index is 14.2. The molecule has 1 fully saturated rings. The molecule has 0 bridgehead atoms. The van der Waals surface area contributed by atoms with Crippen LogP contribution in [0.5, 0.6) is 23.0 Å². The van der Waals surface area contributed by atoms with Crippen LogP contribution in [0.4, 0.5) is 0 Å². The normalized spacial score (nSPS) is 15.4. The fourth-order valence-electron chi connectivity index (χ4n) is 5.31. The molecule has 264 valence electrons. The van der Waals surface area contributed by atoms with Gasteiger partial charge in [0.05, 0.1) is 29.9 Å². The molecule has 2 N–H and O–H groups in total. The number of carboxylic acids is 1. The molecule has 1 saturated carbocycles. The van der Waals surface area contributed by atoms with Gasteiger partial charge in [0.1, 0.15) is 28.6 Å². The second-order valence-electron chi connectivity index (χ2n) is 10.9. The van der Waals surface area contributed by atoms with Crippen LogP contribution in [0.15, 0.2) is 54.6 Å². The van der Waals surface area contributed by atoms with E-state index in [-0.39, 0.29) is 85.8 Å². The van der Waals surface area contributed by atoms with Gasteiger partial charge in [0.2, 0.25) is 5.78 Å². The highest BCUT2D eigenvalue weighted by atomic mass is 16.7. The van der Waals surface area contributed by atoms with Crippen LogP contribution in [0, 0.1) is 0 Å². The SMILES string of the molecule is COCOc1ccc(C(=O)N[C@@H]2CCC[C@H]2OCc2cc(OCOC)c(C(=O)c3c(OCOC)cccc3C(=O)O)c(OCOC)c2)cc1. The van der Waals surface area contributed by atoms with E-state index in [4.69, 9.17) is 42.6 Å². The summed E-state index contributed by atoms with van der Waals surface area (Å²) in [6.07, 6.45) is 2.03. The van der Waals surface area contributed by atoms with Gasteiger partial charge in [0, 0.05) is 34.0 Å². The average Bonchev–Trinajstić information content (AvgIpc) is 3.56. The largest absolute Gasteiger partial charge is 0.478 e. The van der Waals surface area contributed by atoms with Gasteiger partial charge in [-0.1, -0.05) is 6.07 Å². The number of hydrogen-bond acceptors (Lipinski definition) is 12. The van der Waals surface area contributed by atoms with Crippen LogP contribution in [0.2, 0.25) is 0 Å². The lowest BCUT2D eigenvalue weighted by Gasteiger charge is -2.23. The molecule has 1 aliphatic carbocycles. The maximum Gasteiger partial charge on any atom is 0.336 e. The second-order valence-corrected chi connectivity index (χ2v) is 10.9. The Kier molecular flexibility index (Phi) is 14.2. The van der Waals surface area contributed by atoms with E-state index in [0.29, 0.717) is 16.9 Å². The van der Waals surface area contributed by atoms with Gasteiger partial charge in [-0.3, -0.25) is 9.59 Å². The number of hydrogen-bond donors (Lipinski definition) is 2. The zero-order valence-corrected chi connectivity index (χ0v) is 27.9. The van der Waals surface area contributed by atoms with Crippen LogP contribution in [-0.2, 0) is 30.3 Å². The number of rotatable bonds is 20. The third-order valence-corrected chi connectivity index (χ3v) is 7.53. The Morgan fingerprint density at radius 1 is 0.735 bits per heavy atom. The Labute approximate surface area is 284 Å². The van der Waals surface area contributed by atoms with Crippen LogP contribution >= 0.6 is 0 Å². The number of benzene rings is 3.